The lowest BCUT2D eigenvalue weighted by molar-refractivity contribution is 0.0696. The minimum Gasteiger partial charge on any atom is -0.478 e. The Morgan fingerprint density at radius 1 is 0.860 bits per heavy atom. The van der Waals surface area contributed by atoms with E-state index in [4.69, 9.17) is 15.8 Å². The number of Topliss-reactive ketones (excluding diaryl/α,β-unsaturated/α-hetero) is 1. The molecule has 5 rings (SSSR count). The van der Waals surface area contributed by atoms with E-state index in [2.05, 4.69) is 32.1 Å². The standard InChI is InChI=1S/C24H28N6O.C8H9NO2.B/c1-3-20-29-22-23(21-18(28-24(22)25)8-7-14-27-21)30(20)15-6-4-5-9-19(31)16-10-12-17(26-2)13-11-16;1-9-7-4-2-6(3-5-7)8(10)11;/h7-8,10-14,26H,3-6,9,15H2,1-2H3,(H2,25,28);2-5,9H,1H3,(H,10,11);. The van der Waals surface area contributed by atoms with E-state index in [0.29, 0.717) is 17.8 Å². The second kappa shape index (κ2) is 15.3. The second-order valence-electron chi connectivity index (χ2n) is 9.79. The summed E-state index contributed by atoms with van der Waals surface area (Å²) in [5.74, 6) is 0.730. The predicted molar refractivity (Wildman–Crippen MR) is 174 cm³/mol. The number of fused-ring (bicyclic) bond motifs is 3. The number of aromatic nitrogens is 4. The number of ketones is 1. The van der Waals surface area contributed by atoms with E-state index in [1.807, 2.05) is 43.4 Å². The third-order valence-electron chi connectivity index (χ3n) is 7.06. The molecule has 43 heavy (non-hydrogen) atoms. The van der Waals surface area contributed by atoms with Crippen molar-refractivity contribution in [1.82, 2.24) is 19.5 Å². The summed E-state index contributed by atoms with van der Waals surface area (Å²) in [6.07, 6.45) is 5.94. The summed E-state index contributed by atoms with van der Waals surface area (Å²) in [4.78, 5) is 36.6. The van der Waals surface area contributed by atoms with Crippen LogP contribution in [0.2, 0.25) is 0 Å². The number of hydrogen-bond donors (Lipinski definition) is 4. The minimum absolute atomic E-state index is 0. The van der Waals surface area contributed by atoms with Crippen LogP contribution in [0.3, 0.4) is 0 Å². The molecular formula is C32H37BN7O3. The molecule has 0 aliphatic rings. The van der Waals surface area contributed by atoms with Crippen LogP contribution in [-0.4, -0.2) is 58.9 Å². The van der Waals surface area contributed by atoms with Gasteiger partial charge in [0.1, 0.15) is 22.4 Å². The number of carboxylic acids is 1. The van der Waals surface area contributed by atoms with Crippen LogP contribution in [0.5, 0.6) is 0 Å². The molecule has 221 valence electrons. The SMILES string of the molecule is CCc1nc2c(N)nc3cccnc3c2n1CCCCCC(=O)c1ccc(NC)cc1.CNc1ccc(C(=O)O)cc1.[B]. The Hall–Kier alpha value is -4.93. The number of nitrogens with zero attached hydrogens (tertiary/aromatic N) is 4. The van der Waals surface area contributed by atoms with Gasteiger partial charge in [0.25, 0.3) is 0 Å². The number of imidazole rings is 1. The van der Waals surface area contributed by atoms with Crippen molar-refractivity contribution in [3.05, 3.63) is 83.8 Å². The lowest BCUT2D eigenvalue weighted by atomic mass is 10.0. The van der Waals surface area contributed by atoms with E-state index >= 15 is 0 Å². The molecule has 10 nitrogen and oxygen atoms in total. The molecule has 5 aromatic rings. The van der Waals surface area contributed by atoms with E-state index in [0.717, 1.165) is 77.1 Å². The van der Waals surface area contributed by atoms with Gasteiger partial charge in [0, 0.05) is 65.0 Å². The molecular weight excluding hydrogens is 541 g/mol. The van der Waals surface area contributed by atoms with Gasteiger partial charge in [-0.25, -0.2) is 14.8 Å². The lowest BCUT2D eigenvalue weighted by Crippen LogP contribution is -2.05. The summed E-state index contributed by atoms with van der Waals surface area (Å²) < 4.78 is 2.22. The minimum atomic E-state index is -0.896. The summed E-state index contributed by atoms with van der Waals surface area (Å²) in [6.45, 7) is 2.91. The van der Waals surface area contributed by atoms with Crippen LogP contribution < -0.4 is 16.4 Å². The summed E-state index contributed by atoms with van der Waals surface area (Å²) in [5, 5.41) is 14.5. The number of aromatic carboxylic acids is 1. The monoisotopic (exact) mass is 578 g/mol. The maximum atomic E-state index is 12.4. The van der Waals surface area contributed by atoms with Crippen molar-refractivity contribution in [1.29, 1.82) is 0 Å². The molecule has 0 fully saturated rings. The van der Waals surface area contributed by atoms with Crippen molar-refractivity contribution < 1.29 is 14.7 Å². The topological polar surface area (TPSA) is 148 Å². The number of nitrogens with one attached hydrogen (secondary N) is 2. The fourth-order valence-corrected chi connectivity index (χ4v) is 4.76. The number of nitrogens with two attached hydrogens (primary N) is 1. The number of benzene rings is 2. The summed E-state index contributed by atoms with van der Waals surface area (Å²) in [5.41, 5.74) is 12.5. The van der Waals surface area contributed by atoms with E-state index in [1.165, 1.54) is 0 Å². The first kappa shape index (κ1) is 32.6. The quantitative estimate of drug-likeness (QED) is 0.0886. The highest BCUT2D eigenvalue weighted by Gasteiger charge is 2.17. The summed E-state index contributed by atoms with van der Waals surface area (Å²) in [7, 11) is 3.66. The van der Waals surface area contributed by atoms with Gasteiger partial charge >= 0.3 is 5.97 Å². The normalized spacial score (nSPS) is 10.5. The van der Waals surface area contributed by atoms with E-state index in [-0.39, 0.29) is 14.2 Å². The van der Waals surface area contributed by atoms with Gasteiger partial charge in [-0.3, -0.25) is 9.78 Å². The maximum Gasteiger partial charge on any atom is 0.335 e. The van der Waals surface area contributed by atoms with Gasteiger partial charge in [0.2, 0.25) is 0 Å². The maximum absolute atomic E-state index is 12.4. The predicted octanol–water partition coefficient (Wildman–Crippen LogP) is 5.65. The molecule has 0 saturated heterocycles. The lowest BCUT2D eigenvalue weighted by Gasteiger charge is -2.10. The van der Waals surface area contributed by atoms with Crippen molar-refractivity contribution >= 4 is 59.4 Å². The number of carbonyl (C=O) groups is 2. The number of hydrogen-bond acceptors (Lipinski definition) is 8. The fraction of sp³-hybridized carbons (Fsp3) is 0.281. The van der Waals surface area contributed by atoms with Crippen LogP contribution >= 0.6 is 0 Å². The molecule has 0 bridgehead atoms. The molecule has 0 atom stereocenters. The number of unbranched alkanes of at least 4 members (excludes halogenated alkanes) is 2. The zero-order valence-electron chi connectivity index (χ0n) is 24.8. The van der Waals surface area contributed by atoms with E-state index < -0.39 is 5.97 Å². The van der Waals surface area contributed by atoms with Crippen molar-refractivity contribution in [2.75, 3.05) is 30.5 Å². The van der Waals surface area contributed by atoms with E-state index in [1.54, 1.807) is 37.5 Å². The van der Waals surface area contributed by atoms with Gasteiger partial charge in [-0.1, -0.05) is 13.3 Å². The Morgan fingerprint density at radius 2 is 1.49 bits per heavy atom. The zero-order valence-corrected chi connectivity index (χ0v) is 24.8. The largest absolute Gasteiger partial charge is 0.478 e. The number of carboxylic acid groups (broad SMARTS) is 1. The third-order valence-corrected chi connectivity index (χ3v) is 7.06. The fourth-order valence-electron chi connectivity index (χ4n) is 4.76. The first-order chi connectivity index (χ1) is 20.4. The Kier molecular flexibility index (Phi) is 11.6. The molecule has 5 N–H and O–H groups in total. The highest BCUT2D eigenvalue weighted by Crippen LogP contribution is 2.28. The number of anilines is 3. The number of rotatable bonds is 11. The van der Waals surface area contributed by atoms with Crippen LogP contribution in [0.15, 0.2) is 66.9 Å². The highest BCUT2D eigenvalue weighted by atomic mass is 16.4. The highest BCUT2D eigenvalue weighted by molar-refractivity contribution is 6.04. The Morgan fingerprint density at radius 3 is 2.07 bits per heavy atom. The number of carbonyl (C=O) groups excluding carboxylic acids is 1. The van der Waals surface area contributed by atoms with Gasteiger partial charge in [-0.05, 0) is 73.5 Å². The van der Waals surface area contributed by atoms with Crippen LogP contribution in [-0.2, 0) is 13.0 Å². The Labute approximate surface area is 253 Å². The summed E-state index contributed by atoms with van der Waals surface area (Å²) >= 11 is 0. The van der Waals surface area contributed by atoms with Gasteiger partial charge in [0.05, 0.1) is 11.1 Å². The van der Waals surface area contributed by atoms with Gasteiger partial charge in [-0.2, -0.15) is 0 Å². The summed E-state index contributed by atoms with van der Waals surface area (Å²) in [6, 6.07) is 18.0. The molecule has 3 heterocycles. The number of nitrogen functional groups attached to an aromatic ring is 1. The number of aryl methyl sites for hydroxylation is 2. The van der Waals surface area contributed by atoms with E-state index in [9.17, 15) is 9.59 Å². The first-order valence-electron chi connectivity index (χ1n) is 14.1. The second-order valence-corrected chi connectivity index (χ2v) is 9.79. The van der Waals surface area contributed by atoms with Gasteiger partial charge < -0.3 is 26.0 Å². The molecule has 2 aromatic carbocycles. The smallest absolute Gasteiger partial charge is 0.335 e. The van der Waals surface area contributed by atoms with Crippen molar-refractivity contribution in [3.63, 3.8) is 0 Å². The molecule has 0 spiro atoms. The molecule has 3 radical (unpaired) electrons. The van der Waals surface area contributed by atoms with Crippen LogP contribution in [0, 0.1) is 0 Å². The molecule has 0 amide bonds. The zero-order chi connectivity index (χ0) is 30.1. The Bertz CT molecular complexity index is 1670. The van der Waals surface area contributed by atoms with Crippen LogP contribution in [0.25, 0.3) is 22.1 Å². The van der Waals surface area contributed by atoms with Crippen LogP contribution in [0.1, 0.15) is 59.1 Å². The molecule has 0 aliphatic carbocycles. The first-order valence-corrected chi connectivity index (χ1v) is 14.1. The average Bonchev–Trinajstić information content (AvgIpc) is 3.40. The molecule has 0 unspecified atom stereocenters. The molecule has 0 saturated carbocycles. The van der Waals surface area contributed by atoms with Crippen molar-refractivity contribution in [3.8, 4) is 0 Å². The van der Waals surface area contributed by atoms with Gasteiger partial charge in [0.15, 0.2) is 11.6 Å². The molecule has 0 aliphatic heterocycles. The number of pyridine rings is 2. The van der Waals surface area contributed by atoms with Gasteiger partial charge in [-0.15, -0.1) is 0 Å². The Balaban J connectivity index is 0.000000357. The van der Waals surface area contributed by atoms with Crippen LogP contribution in [0.4, 0.5) is 17.2 Å². The average molecular weight is 579 g/mol. The molecule has 11 heteroatoms. The van der Waals surface area contributed by atoms with Crippen molar-refractivity contribution in [2.45, 2.75) is 45.6 Å². The third kappa shape index (κ3) is 7.88. The van der Waals surface area contributed by atoms with Crippen molar-refractivity contribution in [2.24, 2.45) is 0 Å². The molecule has 3 aromatic heterocycles.